The number of carbonyl (C=O) groups is 1. The van der Waals surface area contributed by atoms with Crippen LogP contribution in [0, 0.1) is 11.8 Å². The second-order valence-electron chi connectivity index (χ2n) is 5.69. The van der Waals surface area contributed by atoms with Crippen LogP contribution < -0.4 is 4.74 Å². The van der Waals surface area contributed by atoms with Crippen LogP contribution in [0.5, 0.6) is 5.75 Å². The molecule has 0 aliphatic carbocycles. The molecule has 112 valence electrons. The van der Waals surface area contributed by atoms with E-state index in [2.05, 4.69) is 0 Å². The Morgan fingerprint density at radius 2 is 2.05 bits per heavy atom. The van der Waals surface area contributed by atoms with Crippen LogP contribution in [0.2, 0.25) is 0 Å². The topological polar surface area (TPSA) is 72.9 Å². The molecular weight excluding hydrogens is 294 g/mol. The fourth-order valence-electron chi connectivity index (χ4n) is 3.23. The Bertz CT molecular complexity index is 714. The van der Waals surface area contributed by atoms with E-state index in [-0.39, 0.29) is 29.2 Å². The van der Waals surface area contributed by atoms with Crippen molar-refractivity contribution in [3.63, 3.8) is 0 Å². The van der Waals surface area contributed by atoms with Crippen LogP contribution in [0.25, 0.3) is 0 Å². The Hall–Kier alpha value is -1.60. The molecule has 1 aromatic carbocycles. The average Bonchev–Trinajstić information content (AvgIpc) is 3.15. The standard InChI is InChI=1S/C14H15NO5S/c16-14-12-7-15(6-10(12)8-20-14)21(17,18)11-1-2-13-9(5-11)3-4-19-13/h1-2,5,10,12H,3-4,6-8H2/t10-,12-/m1/s1. The molecule has 0 saturated carbocycles. The molecule has 1 aromatic rings. The summed E-state index contributed by atoms with van der Waals surface area (Å²) >= 11 is 0. The van der Waals surface area contributed by atoms with Crippen molar-refractivity contribution in [3.05, 3.63) is 23.8 Å². The number of carbonyl (C=O) groups excluding carboxylic acids is 1. The highest BCUT2D eigenvalue weighted by atomic mass is 32.2. The third-order valence-electron chi connectivity index (χ3n) is 4.45. The third kappa shape index (κ3) is 1.95. The maximum Gasteiger partial charge on any atom is 0.310 e. The summed E-state index contributed by atoms with van der Waals surface area (Å²) in [6.07, 6.45) is 0.732. The molecule has 7 heteroatoms. The van der Waals surface area contributed by atoms with Gasteiger partial charge in [0, 0.05) is 25.4 Å². The predicted octanol–water partition coefficient (Wildman–Crippen LogP) is 0.415. The van der Waals surface area contributed by atoms with E-state index >= 15 is 0 Å². The van der Waals surface area contributed by atoms with Gasteiger partial charge in [0.15, 0.2) is 0 Å². The van der Waals surface area contributed by atoms with Crippen LogP contribution in [-0.4, -0.2) is 45.0 Å². The zero-order chi connectivity index (χ0) is 14.6. The van der Waals surface area contributed by atoms with Crippen LogP contribution in [0.15, 0.2) is 23.1 Å². The summed E-state index contributed by atoms with van der Waals surface area (Å²) in [6.45, 7) is 1.50. The first-order valence-electron chi connectivity index (χ1n) is 6.98. The molecule has 6 nitrogen and oxygen atoms in total. The van der Waals surface area contributed by atoms with Crippen LogP contribution >= 0.6 is 0 Å². The highest BCUT2D eigenvalue weighted by Crippen LogP contribution is 2.35. The van der Waals surface area contributed by atoms with Crippen molar-refractivity contribution < 1.29 is 22.7 Å². The molecule has 3 aliphatic heterocycles. The van der Waals surface area contributed by atoms with E-state index in [0.717, 1.165) is 17.7 Å². The summed E-state index contributed by atoms with van der Waals surface area (Å²) in [6, 6.07) is 4.97. The molecule has 0 aromatic heterocycles. The van der Waals surface area contributed by atoms with E-state index in [1.54, 1.807) is 18.2 Å². The number of esters is 1. The first-order valence-corrected chi connectivity index (χ1v) is 8.42. The Morgan fingerprint density at radius 1 is 1.19 bits per heavy atom. The number of ether oxygens (including phenoxy) is 2. The Balaban J connectivity index is 1.64. The van der Waals surface area contributed by atoms with Crippen LogP contribution in [-0.2, 0) is 26.0 Å². The minimum absolute atomic E-state index is 0.00923. The van der Waals surface area contributed by atoms with E-state index in [0.29, 0.717) is 19.8 Å². The van der Waals surface area contributed by atoms with Crippen molar-refractivity contribution in [2.45, 2.75) is 11.3 Å². The number of fused-ring (bicyclic) bond motifs is 2. The molecule has 0 bridgehead atoms. The predicted molar refractivity (Wildman–Crippen MR) is 72.3 cm³/mol. The van der Waals surface area contributed by atoms with Gasteiger partial charge in [-0.05, 0) is 23.8 Å². The number of hydrogen-bond donors (Lipinski definition) is 0. The van der Waals surface area contributed by atoms with Gasteiger partial charge in [-0.25, -0.2) is 8.42 Å². The molecule has 0 spiro atoms. The number of benzene rings is 1. The normalized spacial score (nSPS) is 28.1. The highest BCUT2D eigenvalue weighted by Gasteiger charge is 2.47. The average molecular weight is 309 g/mol. The zero-order valence-electron chi connectivity index (χ0n) is 11.3. The minimum atomic E-state index is -3.56. The maximum atomic E-state index is 12.7. The summed E-state index contributed by atoms with van der Waals surface area (Å²) in [4.78, 5) is 11.8. The molecule has 0 unspecified atom stereocenters. The smallest absolute Gasteiger partial charge is 0.310 e. The van der Waals surface area contributed by atoms with Crippen molar-refractivity contribution in [1.82, 2.24) is 4.31 Å². The fraction of sp³-hybridized carbons (Fsp3) is 0.500. The molecule has 2 fully saturated rings. The van der Waals surface area contributed by atoms with Crippen molar-refractivity contribution in [2.75, 3.05) is 26.3 Å². The maximum absolute atomic E-state index is 12.7. The Kier molecular flexibility index (Phi) is 2.77. The summed E-state index contributed by atoms with van der Waals surface area (Å²) in [5.41, 5.74) is 0.926. The van der Waals surface area contributed by atoms with Gasteiger partial charge < -0.3 is 9.47 Å². The molecule has 21 heavy (non-hydrogen) atoms. The molecule has 4 rings (SSSR count). The van der Waals surface area contributed by atoms with Gasteiger partial charge in [0.25, 0.3) is 0 Å². The van der Waals surface area contributed by atoms with Gasteiger partial charge in [-0.2, -0.15) is 4.31 Å². The fourth-order valence-corrected chi connectivity index (χ4v) is 4.81. The third-order valence-corrected chi connectivity index (χ3v) is 6.28. The van der Waals surface area contributed by atoms with Crippen molar-refractivity contribution >= 4 is 16.0 Å². The second-order valence-corrected chi connectivity index (χ2v) is 7.62. The number of hydrogen-bond acceptors (Lipinski definition) is 5. The SMILES string of the molecule is O=C1OC[C@H]2CN(S(=O)(=O)c3ccc4c(c3)CCO4)C[C@@H]12. The lowest BCUT2D eigenvalue weighted by molar-refractivity contribution is -0.141. The lowest BCUT2D eigenvalue weighted by Crippen LogP contribution is -2.31. The van der Waals surface area contributed by atoms with Gasteiger partial charge in [0.1, 0.15) is 5.75 Å². The van der Waals surface area contributed by atoms with Crippen molar-refractivity contribution in [1.29, 1.82) is 0 Å². The summed E-state index contributed by atoms with van der Waals surface area (Å²) in [7, 11) is -3.56. The van der Waals surface area contributed by atoms with Gasteiger partial charge in [0.05, 0.1) is 24.0 Å². The van der Waals surface area contributed by atoms with E-state index in [1.165, 1.54) is 4.31 Å². The summed E-state index contributed by atoms with van der Waals surface area (Å²) < 4.78 is 37.2. The number of nitrogens with zero attached hydrogens (tertiary/aromatic N) is 1. The van der Waals surface area contributed by atoms with Crippen molar-refractivity contribution in [3.8, 4) is 5.75 Å². The Morgan fingerprint density at radius 3 is 2.86 bits per heavy atom. The van der Waals surface area contributed by atoms with Gasteiger partial charge in [-0.15, -0.1) is 0 Å². The van der Waals surface area contributed by atoms with Gasteiger partial charge in [-0.3, -0.25) is 4.79 Å². The molecular formula is C14H15NO5S. The largest absolute Gasteiger partial charge is 0.493 e. The number of rotatable bonds is 2. The molecule has 0 amide bonds. The monoisotopic (exact) mass is 309 g/mol. The van der Waals surface area contributed by atoms with Gasteiger partial charge in [-0.1, -0.05) is 0 Å². The molecule has 3 heterocycles. The highest BCUT2D eigenvalue weighted by molar-refractivity contribution is 7.89. The van der Waals surface area contributed by atoms with E-state index in [9.17, 15) is 13.2 Å². The molecule has 2 atom stereocenters. The lowest BCUT2D eigenvalue weighted by Gasteiger charge is -2.17. The van der Waals surface area contributed by atoms with E-state index < -0.39 is 10.0 Å². The molecule has 0 N–H and O–H groups in total. The Labute approximate surface area is 122 Å². The van der Waals surface area contributed by atoms with E-state index in [4.69, 9.17) is 9.47 Å². The number of cyclic esters (lactones) is 1. The summed E-state index contributed by atoms with van der Waals surface area (Å²) in [5, 5.41) is 0. The lowest BCUT2D eigenvalue weighted by atomic mass is 10.0. The quantitative estimate of drug-likeness (QED) is 0.740. The molecule has 3 aliphatic rings. The van der Waals surface area contributed by atoms with Crippen molar-refractivity contribution in [2.24, 2.45) is 11.8 Å². The van der Waals surface area contributed by atoms with Gasteiger partial charge in [0.2, 0.25) is 10.0 Å². The minimum Gasteiger partial charge on any atom is -0.493 e. The first kappa shape index (κ1) is 13.1. The molecule has 0 radical (unpaired) electrons. The van der Waals surface area contributed by atoms with Crippen LogP contribution in [0.3, 0.4) is 0 Å². The van der Waals surface area contributed by atoms with E-state index in [1.807, 2.05) is 0 Å². The van der Waals surface area contributed by atoms with Gasteiger partial charge >= 0.3 is 5.97 Å². The second kappa shape index (κ2) is 4.45. The first-order chi connectivity index (χ1) is 10.1. The molecule has 2 saturated heterocycles. The summed E-state index contributed by atoms with van der Waals surface area (Å²) in [5.74, 6) is 0.165. The number of sulfonamides is 1. The van der Waals surface area contributed by atoms with Crippen LogP contribution in [0.4, 0.5) is 0 Å². The van der Waals surface area contributed by atoms with Crippen LogP contribution in [0.1, 0.15) is 5.56 Å². The zero-order valence-corrected chi connectivity index (χ0v) is 12.1.